The van der Waals surface area contributed by atoms with Crippen LogP contribution in [0.1, 0.15) is 34.3 Å². The van der Waals surface area contributed by atoms with Gasteiger partial charge in [-0.05, 0) is 48.7 Å². The Morgan fingerprint density at radius 3 is 2.29 bits per heavy atom. The Bertz CT molecular complexity index is 854. The van der Waals surface area contributed by atoms with Gasteiger partial charge in [-0.15, -0.1) is 0 Å². The van der Waals surface area contributed by atoms with Gasteiger partial charge in [-0.1, -0.05) is 24.3 Å². The summed E-state index contributed by atoms with van der Waals surface area (Å²) in [6.07, 6.45) is 1.53. The molecule has 0 bridgehead atoms. The van der Waals surface area contributed by atoms with E-state index in [1.807, 2.05) is 29.2 Å². The molecule has 0 unspecified atom stereocenters. The number of carbonyl (C=O) groups is 2. The maximum Gasteiger partial charge on any atom is 0.253 e. The zero-order valence-corrected chi connectivity index (χ0v) is 16.4. The van der Waals surface area contributed by atoms with Gasteiger partial charge >= 0.3 is 0 Å². The summed E-state index contributed by atoms with van der Waals surface area (Å²) in [4.78, 5) is 30.9. The fraction of sp³-hybridized carbons (Fsp3) is 0.391. The van der Waals surface area contributed by atoms with Gasteiger partial charge in [-0.3, -0.25) is 14.5 Å². The molecule has 28 heavy (non-hydrogen) atoms. The lowest BCUT2D eigenvalue weighted by Gasteiger charge is -2.35. The van der Waals surface area contributed by atoms with E-state index in [1.54, 1.807) is 4.90 Å². The predicted octanol–water partition coefficient (Wildman–Crippen LogP) is 3.08. The molecule has 2 aliphatic heterocycles. The maximum absolute atomic E-state index is 12.8. The Balaban J connectivity index is 1.33. The second kappa shape index (κ2) is 8.15. The van der Waals surface area contributed by atoms with Crippen molar-refractivity contribution in [3.05, 3.63) is 65.2 Å². The number of benzene rings is 2. The van der Waals surface area contributed by atoms with Crippen molar-refractivity contribution >= 4 is 17.5 Å². The normalized spacial score (nSPS) is 18.0. The number of rotatable bonds is 4. The van der Waals surface area contributed by atoms with Crippen LogP contribution in [0.2, 0.25) is 0 Å². The van der Waals surface area contributed by atoms with Gasteiger partial charge in [-0.2, -0.15) is 0 Å². The van der Waals surface area contributed by atoms with Gasteiger partial charge in [0.25, 0.3) is 5.91 Å². The van der Waals surface area contributed by atoms with E-state index in [-0.39, 0.29) is 11.8 Å². The largest absolute Gasteiger partial charge is 0.336 e. The van der Waals surface area contributed by atoms with Crippen molar-refractivity contribution < 1.29 is 9.59 Å². The highest BCUT2D eigenvalue weighted by Gasteiger charge is 2.24. The summed E-state index contributed by atoms with van der Waals surface area (Å²) in [5.74, 6) is 0.249. The highest BCUT2D eigenvalue weighted by Crippen LogP contribution is 2.22. The summed E-state index contributed by atoms with van der Waals surface area (Å²) < 4.78 is 0. The molecule has 0 spiro atoms. The van der Waals surface area contributed by atoms with Crippen molar-refractivity contribution in [1.82, 2.24) is 9.80 Å². The van der Waals surface area contributed by atoms with Crippen molar-refractivity contribution in [2.75, 3.05) is 37.6 Å². The standard InChI is InChI=1S/C23H27N3O2/c1-18-5-2-3-6-20(18)17-24-13-15-25(16-14-24)23(28)19-8-10-21(11-9-19)26-12-4-7-22(26)27/h2-3,5-6,8-11H,4,7,12-17H2,1H3. The Morgan fingerprint density at radius 2 is 1.64 bits per heavy atom. The molecule has 0 atom stereocenters. The van der Waals surface area contributed by atoms with Crippen LogP contribution < -0.4 is 4.90 Å². The third-order valence-corrected chi connectivity index (χ3v) is 5.81. The Hall–Kier alpha value is -2.66. The number of hydrogen-bond donors (Lipinski definition) is 0. The molecule has 2 aromatic rings. The molecule has 0 saturated carbocycles. The fourth-order valence-electron chi connectivity index (χ4n) is 4.03. The van der Waals surface area contributed by atoms with Gasteiger partial charge in [0.2, 0.25) is 5.91 Å². The first-order valence-electron chi connectivity index (χ1n) is 10.1. The zero-order valence-electron chi connectivity index (χ0n) is 16.4. The zero-order chi connectivity index (χ0) is 19.5. The molecule has 2 fully saturated rings. The van der Waals surface area contributed by atoms with E-state index in [2.05, 4.69) is 36.1 Å². The summed E-state index contributed by atoms with van der Waals surface area (Å²) >= 11 is 0. The van der Waals surface area contributed by atoms with Crippen LogP contribution >= 0.6 is 0 Å². The van der Waals surface area contributed by atoms with Gasteiger partial charge in [-0.25, -0.2) is 0 Å². The summed E-state index contributed by atoms with van der Waals surface area (Å²) in [7, 11) is 0. The van der Waals surface area contributed by atoms with Crippen molar-refractivity contribution in [3.8, 4) is 0 Å². The van der Waals surface area contributed by atoms with E-state index in [9.17, 15) is 9.59 Å². The monoisotopic (exact) mass is 377 g/mol. The van der Waals surface area contributed by atoms with E-state index in [0.29, 0.717) is 12.0 Å². The molecule has 5 heteroatoms. The van der Waals surface area contributed by atoms with Crippen molar-refractivity contribution in [3.63, 3.8) is 0 Å². The first kappa shape index (κ1) is 18.7. The molecule has 0 aliphatic carbocycles. The molecule has 0 N–H and O–H groups in total. The van der Waals surface area contributed by atoms with Crippen LogP contribution in [0.5, 0.6) is 0 Å². The Kier molecular flexibility index (Phi) is 5.44. The first-order chi connectivity index (χ1) is 13.6. The van der Waals surface area contributed by atoms with Crippen LogP contribution in [0.25, 0.3) is 0 Å². The molecule has 2 saturated heterocycles. The molecule has 146 valence electrons. The molecular weight excluding hydrogens is 350 g/mol. The highest BCUT2D eigenvalue weighted by atomic mass is 16.2. The minimum atomic E-state index is 0.0786. The van der Waals surface area contributed by atoms with Gasteiger partial charge < -0.3 is 9.80 Å². The number of amides is 2. The number of carbonyl (C=O) groups excluding carboxylic acids is 2. The molecule has 4 rings (SSSR count). The average molecular weight is 377 g/mol. The third kappa shape index (κ3) is 3.94. The lowest BCUT2D eigenvalue weighted by molar-refractivity contribution is -0.117. The highest BCUT2D eigenvalue weighted by molar-refractivity contribution is 5.97. The van der Waals surface area contributed by atoms with E-state index < -0.39 is 0 Å². The molecule has 5 nitrogen and oxygen atoms in total. The lowest BCUT2D eigenvalue weighted by Crippen LogP contribution is -2.48. The van der Waals surface area contributed by atoms with Crippen LogP contribution in [-0.2, 0) is 11.3 Å². The number of nitrogens with zero attached hydrogens (tertiary/aromatic N) is 3. The fourth-order valence-corrected chi connectivity index (χ4v) is 4.03. The van der Waals surface area contributed by atoms with Crippen LogP contribution in [0.4, 0.5) is 5.69 Å². The molecule has 0 aromatic heterocycles. The second-order valence-electron chi connectivity index (χ2n) is 7.69. The predicted molar refractivity (Wildman–Crippen MR) is 110 cm³/mol. The van der Waals surface area contributed by atoms with E-state index in [1.165, 1.54) is 11.1 Å². The molecule has 2 aliphatic rings. The minimum absolute atomic E-state index is 0.0786. The third-order valence-electron chi connectivity index (χ3n) is 5.81. The SMILES string of the molecule is Cc1ccccc1CN1CCN(C(=O)c2ccc(N3CCCC3=O)cc2)CC1. The molecule has 0 radical (unpaired) electrons. The number of piperazine rings is 1. The Labute approximate surface area is 166 Å². The summed E-state index contributed by atoms with van der Waals surface area (Å²) in [6, 6.07) is 16.0. The molecular formula is C23H27N3O2. The smallest absolute Gasteiger partial charge is 0.253 e. The Morgan fingerprint density at radius 1 is 0.929 bits per heavy atom. The van der Waals surface area contributed by atoms with E-state index in [0.717, 1.165) is 51.4 Å². The molecule has 2 heterocycles. The summed E-state index contributed by atoms with van der Waals surface area (Å²) in [6.45, 7) is 7.13. The van der Waals surface area contributed by atoms with Crippen molar-refractivity contribution in [1.29, 1.82) is 0 Å². The second-order valence-corrected chi connectivity index (χ2v) is 7.69. The van der Waals surface area contributed by atoms with Gasteiger partial charge in [0.1, 0.15) is 0 Å². The van der Waals surface area contributed by atoms with Crippen LogP contribution in [0.15, 0.2) is 48.5 Å². The van der Waals surface area contributed by atoms with Crippen molar-refractivity contribution in [2.45, 2.75) is 26.3 Å². The maximum atomic E-state index is 12.8. The molecule has 2 amide bonds. The van der Waals surface area contributed by atoms with E-state index >= 15 is 0 Å². The topological polar surface area (TPSA) is 43.9 Å². The van der Waals surface area contributed by atoms with Gasteiger partial charge in [0.15, 0.2) is 0 Å². The van der Waals surface area contributed by atoms with Crippen LogP contribution in [0, 0.1) is 6.92 Å². The quantitative estimate of drug-likeness (QED) is 0.822. The first-order valence-corrected chi connectivity index (χ1v) is 10.1. The van der Waals surface area contributed by atoms with E-state index in [4.69, 9.17) is 0 Å². The minimum Gasteiger partial charge on any atom is -0.336 e. The average Bonchev–Trinajstić information content (AvgIpc) is 3.16. The van der Waals surface area contributed by atoms with Crippen LogP contribution in [0.3, 0.4) is 0 Å². The summed E-state index contributed by atoms with van der Waals surface area (Å²) in [5, 5.41) is 0. The van der Waals surface area contributed by atoms with Gasteiger partial charge in [0.05, 0.1) is 0 Å². The van der Waals surface area contributed by atoms with Crippen molar-refractivity contribution in [2.24, 2.45) is 0 Å². The lowest BCUT2D eigenvalue weighted by atomic mass is 10.1. The summed E-state index contributed by atoms with van der Waals surface area (Å²) in [5.41, 5.74) is 4.26. The molecule has 2 aromatic carbocycles. The van der Waals surface area contributed by atoms with Crippen LogP contribution in [-0.4, -0.2) is 54.3 Å². The van der Waals surface area contributed by atoms with Gasteiger partial charge in [0, 0.05) is 56.9 Å². The number of anilines is 1. The number of aryl methyl sites for hydroxylation is 1. The number of hydrogen-bond acceptors (Lipinski definition) is 3.